The number of amides is 2. The number of anilines is 1. The molecule has 0 unspecified atom stereocenters. The highest BCUT2D eigenvalue weighted by Crippen LogP contribution is 2.29. The first-order valence-electron chi connectivity index (χ1n) is 10.0. The number of nitrogens with one attached hydrogen (secondary N) is 2. The molecule has 0 aliphatic heterocycles. The van der Waals surface area contributed by atoms with Crippen LogP contribution >= 0.6 is 0 Å². The van der Waals surface area contributed by atoms with E-state index < -0.39 is 17.6 Å². The summed E-state index contributed by atoms with van der Waals surface area (Å²) >= 11 is 0. The zero-order valence-corrected chi connectivity index (χ0v) is 18.0. The fraction of sp³-hybridized carbons (Fsp3) is 0.182. The number of nitrogens with zero attached hydrogens (tertiary/aromatic N) is 5. The third kappa shape index (κ3) is 5.00. The van der Waals surface area contributed by atoms with Gasteiger partial charge in [-0.2, -0.15) is 18.3 Å². The van der Waals surface area contributed by atoms with Gasteiger partial charge in [0.2, 0.25) is 5.91 Å². The fourth-order valence-corrected chi connectivity index (χ4v) is 3.20. The summed E-state index contributed by atoms with van der Waals surface area (Å²) in [5.74, 6) is -0.424. The average Bonchev–Trinajstić information content (AvgIpc) is 3.18. The molecule has 34 heavy (non-hydrogen) atoms. The Morgan fingerprint density at radius 2 is 1.91 bits per heavy atom. The Morgan fingerprint density at radius 1 is 1.12 bits per heavy atom. The van der Waals surface area contributed by atoms with Crippen LogP contribution in [0.5, 0.6) is 0 Å². The van der Waals surface area contributed by atoms with Gasteiger partial charge in [0.1, 0.15) is 0 Å². The first kappa shape index (κ1) is 22.8. The molecule has 0 spiro atoms. The molecule has 4 heterocycles. The summed E-state index contributed by atoms with van der Waals surface area (Å²) in [7, 11) is 0. The Balaban J connectivity index is 1.55. The van der Waals surface area contributed by atoms with Gasteiger partial charge in [-0.25, -0.2) is 9.50 Å². The number of carbonyl (C=O) groups is 2. The summed E-state index contributed by atoms with van der Waals surface area (Å²) in [6, 6.07) is 6.75. The van der Waals surface area contributed by atoms with Crippen LogP contribution in [-0.2, 0) is 17.5 Å². The predicted molar refractivity (Wildman–Crippen MR) is 116 cm³/mol. The lowest BCUT2D eigenvalue weighted by Gasteiger charge is -2.11. The van der Waals surface area contributed by atoms with Crippen molar-refractivity contribution in [2.45, 2.75) is 26.6 Å². The zero-order valence-electron chi connectivity index (χ0n) is 18.0. The highest BCUT2D eigenvalue weighted by atomic mass is 19.4. The van der Waals surface area contributed by atoms with Gasteiger partial charge in [0.15, 0.2) is 11.5 Å². The second kappa shape index (κ2) is 8.89. The lowest BCUT2D eigenvalue weighted by molar-refractivity contribution is -0.137. The van der Waals surface area contributed by atoms with E-state index in [1.165, 1.54) is 11.4 Å². The molecule has 4 aromatic heterocycles. The SMILES string of the molecule is CC(=O)Nc1cn2nc(-c3cnc(C)c(C(=O)NCc4cc(C(F)(F)F)ccn4)c3)ccc2n1. The van der Waals surface area contributed by atoms with Crippen LogP contribution in [0, 0.1) is 6.92 Å². The van der Waals surface area contributed by atoms with Crippen LogP contribution in [0.25, 0.3) is 16.9 Å². The number of imidazole rings is 1. The largest absolute Gasteiger partial charge is 0.416 e. The van der Waals surface area contributed by atoms with E-state index in [9.17, 15) is 22.8 Å². The minimum atomic E-state index is -4.50. The van der Waals surface area contributed by atoms with Gasteiger partial charge in [0, 0.05) is 24.9 Å². The predicted octanol–water partition coefficient (Wildman–Crippen LogP) is 3.40. The van der Waals surface area contributed by atoms with E-state index in [4.69, 9.17) is 0 Å². The van der Waals surface area contributed by atoms with E-state index in [-0.39, 0.29) is 23.7 Å². The van der Waals surface area contributed by atoms with Crippen LogP contribution in [0.3, 0.4) is 0 Å². The van der Waals surface area contributed by atoms with E-state index in [1.54, 1.807) is 37.5 Å². The van der Waals surface area contributed by atoms with E-state index in [0.717, 1.165) is 18.3 Å². The summed E-state index contributed by atoms with van der Waals surface area (Å²) in [6.07, 6.45) is -0.340. The van der Waals surface area contributed by atoms with Crippen molar-refractivity contribution in [1.82, 2.24) is 29.9 Å². The third-order valence-corrected chi connectivity index (χ3v) is 4.83. The quantitative estimate of drug-likeness (QED) is 0.463. The number of aromatic nitrogens is 5. The molecule has 4 aromatic rings. The number of halogens is 3. The molecule has 0 fully saturated rings. The Kier molecular flexibility index (Phi) is 5.97. The van der Waals surface area contributed by atoms with Gasteiger partial charge in [-0.3, -0.25) is 19.6 Å². The molecule has 0 aromatic carbocycles. The number of pyridine rings is 2. The first-order chi connectivity index (χ1) is 16.1. The summed E-state index contributed by atoms with van der Waals surface area (Å²) in [6.45, 7) is 2.83. The molecular weight excluding hydrogens is 451 g/mol. The molecule has 0 saturated carbocycles. The van der Waals surface area contributed by atoms with Gasteiger partial charge < -0.3 is 10.6 Å². The van der Waals surface area contributed by atoms with Crippen molar-refractivity contribution in [2.75, 3.05) is 5.32 Å². The normalized spacial score (nSPS) is 11.4. The van der Waals surface area contributed by atoms with Crippen molar-refractivity contribution in [1.29, 1.82) is 0 Å². The van der Waals surface area contributed by atoms with Crippen molar-refractivity contribution in [2.24, 2.45) is 0 Å². The molecule has 0 saturated heterocycles. The number of fused-ring (bicyclic) bond motifs is 1. The molecule has 0 atom stereocenters. The lowest BCUT2D eigenvalue weighted by atomic mass is 10.1. The monoisotopic (exact) mass is 469 g/mol. The van der Waals surface area contributed by atoms with Crippen LogP contribution in [0.2, 0.25) is 0 Å². The standard InChI is InChI=1S/C22H18F3N7O2/c1-12-17(21(34)28-10-16-8-15(5-6-26-16)22(23,24)25)7-14(9-27-12)18-3-4-20-30-19(29-13(2)33)11-32(20)31-18/h3-9,11H,10H2,1-2H3,(H,28,34)(H,29,33). The molecular formula is C22H18F3N7O2. The molecule has 174 valence electrons. The second-order valence-corrected chi connectivity index (χ2v) is 7.40. The molecule has 0 aliphatic rings. The molecule has 2 N–H and O–H groups in total. The van der Waals surface area contributed by atoms with Crippen molar-refractivity contribution in [3.8, 4) is 11.3 Å². The van der Waals surface area contributed by atoms with Crippen LogP contribution in [0.1, 0.15) is 34.2 Å². The van der Waals surface area contributed by atoms with Crippen molar-refractivity contribution in [3.05, 3.63) is 71.4 Å². The minimum Gasteiger partial charge on any atom is -0.346 e. The van der Waals surface area contributed by atoms with E-state index in [1.807, 2.05) is 0 Å². The minimum absolute atomic E-state index is 0.0761. The number of hydrogen-bond acceptors (Lipinski definition) is 6. The fourth-order valence-electron chi connectivity index (χ4n) is 3.20. The Labute approximate surface area is 191 Å². The molecule has 9 nitrogen and oxygen atoms in total. The maximum atomic E-state index is 12.9. The van der Waals surface area contributed by atoms with Gasteiger partial charge in [-0.15, -0.1) is 0 Å². The van der Waals surface area contributed by atoms with Crippen LogP contribution in [0.4, 0.5) is 19.0 Å². The van der Waals surface area contributed by atoms with E-state index >= 15 is 0 Å². The first-order valence-corrected chi connectivity index (χ1v) is 10.0. The third-order valence-electron chi connectivity index (χ3n) is 4.83. The summed E-state index contributed by atoms with van der Waals surface area (Å²) in [5.41, 5.74) is 1.48. The van der Waals surface area contributed by atoms with Gasteiger partial charge in [-0.1, -0.05) is 0 Å². The molecule has 2 amide bonds. The number of alkyl halides is 3. The van der Waals surface area contributed by atoms with Gasteiger partial charge in [0.25, 0.3) is 5.91 Å². The Morgan fingerprint density at radius 3 is 2.65 bits per heavy atom. The topological polar surface area (TPSA) is 114 Å². The van der Waals surface area contributed by atoms with Crippen molar-refractivity contribution in [3.63, 3.8) is 0 Å². The molecule has 0 aliphatic carbocycles. The molecule has 0 radical (unpaired) electrons. The van der Waals surface area contributed by atoms with Crippen LogP contribution in [-0.4, -0.2) is 36.4 Å². The zero-order chi connectivity index (χ0) is 24.5. The lowest BCUT2D eigenvalue weighted by Crippen LogP contribution is -2.24. The van der Waals surface area contributed by atoms with Gasteiger partial charge in [0.05, 0.1) is 41.0 Å². The summed E-state index contributed by atoms with van der Waals surface area (Å²) < 4.78 is 40.2. The number of carbonyl (C=O) groups excluding carboxylic acids is 2. The maximum absolute atomic E-state index is 12.9. The van der Waals surface area contributed by atoms with Gasteiger partial charge in [-0.05, 0) is 37.3 Å². The highest BCUT2D eigenvalue weighted by molar-refractivity contribution is 5.96. The smallest absolute Gasteiger partial charge is 0.346 e. The number of rotatable bonds is 5. The maximum Gasteiger partial charge on any atom is 0.416 e. The van der Waals surface area contributed by atoms with E-state index in [0.29, 0.717) is 28.4 Å². The van der Waals surface area contributed by atoms with Crippen LogP contribution in [0.15, 0.2) is 48.9 Å². The molecule has 4 rings (SSSR count). The summed E-state index contributed by atoms with van der Waals surface area (Å²) in [5, 5.41) is 9.60. The number of hydrogen-bond donors (Lipinski definition) is 2. The molecule has 0 bridgehead atoms. The molecule has 12 heteroatoms. The highest BCUT2D eigenvalue weighted by Gasteiger charge is 2.30. The number of aryl methyl sites for hydroxylation is 1. The Hall–Kier alpha value is -4.35. The van der Waals surface area contributed by atoms with Gasteiger partial charge >= 0.3 is 6.18 Å². The Bertz CT molecular complexity index is 1400. The van der Waals surface area contributed by atoms with Crippen molar-refractivity contribution < 1.29 is 22.8 Å². The average molecular weight is 469 g/mol. The van der Waals surface area contributed by atoms with Crippen LogP contribution < -0.4 is 10.6 Å². The van der Waals surface area contributed by atoms with E-state index in [2.05, 4.69) is 30.7 Å². The summed E-state index contributed by atoms with van der Waals surface area (Å²) in [4.78, 5) is 36.4. The van der Waals surface area contributed by atoms with Crippen molar-refractivity contribution >= 4 is 23.3 Å². The second-order valence-electron chi connectivity index (χ2n) is 7.40.